The highest BCUT2D eigenvalue weighted by molar-refractivity contribution is 5.78. The zero-order chi connectivity index (χ0) is 17.8. The van der Waals surface area contributed by atoms with Gasteiger partial charge in [0.25, 0.3) is 5.56 Å². The van der Waals surface area contributed by atoms with Crippen LogP contribution in [0.15, 0.2) is 53.3 Å². The second kappa shape index (κ2) is 7.25. The molecule has 1 aromatic heterocycles. The maximum atomic E-state index is 13.2. The van der Waals surface area contributed by atoms with Gasteiger partial charge in [-0.2, -0.15) is 0 Å². The van der Waals surface area contributed by atoms with E-state index in [-0.39, 0.29) is 23.8 Å². The van der Waals surface area contributed by atoms with Gasteiger partial charge in [-0.15, -0.1) is 0 Å². The van der Waals surface area contributed by atoms with Crippen LogP contribution in [0.25, 0.3) is 16.6 Å². The molecule has 5 nitrogen and oxygen atoms in total. The van der Waals surface area contributed by atoms with Gasteiger partial charge in [-0.25, -0.2) is 9.37 Å². The molecule has 0 saturated heterocycles. The first-order valence-electron chi connectivity index (χ1n) is 8.13. The highest BCUT2D eigenvalue weighted by atomic mass is 19.1. The lowest BCUT2D eigenvalue weighted by Gasteiger charge is -2.14. The van der Waals surface area contributed by atoms with Crippen molar-refractivity contribution in [2.75, 3.05) is 0 Å². The van der Waals surface area contributed by atoms with Crippen molar-refractivity contribution in [1.82, 2.24) is 14.9 Å². The van der Waals surface area contributed by atoms with E-state index in [0.717, 1.165) is 6.42 Å². The number of benzene rings is 2. The van der Waals surface area contributed by atoms with E-state index in [0.29, 0.717) is 28.8 Å². The van der Waals surface area contributed by atoms with Gasteiger partial charge in [0.05, 0.1) is 23.1 Å². The SMILES string of the molecule is CCCC(=O)NCc1nc2ccccc2c(=O)n1-c1ccc(F)cc1. The number of para-hydroxylation sites is 1. The van der Waals surface area contributed by atoms with Crippen LogP contribution in [-0.2, 0) is 11.3 Å². The monoisotopic (exact) mass is 339 g/mol. The molecule has 1 amide bonds. The number of nitrogens with zero attached hydrogens (tertiary/aromatic N) is 2. The number of nitrogens with one attached hydrogen (secondary N) is 1. The molecule has 0 bridgehead atoms. The molecule has 0 radical (unpaired) electrons. The number of carbonyl (C=O) groups is 1. The molecule has 1 N–H and O–H groups in total. The van der Waals surface area contributed by atoms with Crippen molar-refractivity contribution in [3.8, 4) is 5.69 Å². The Labute approximate surface area is 144 Å². The molecule has 0 unspecified atom stereocenters. The summed E-state index contributed by atoms with van der Waals surface area (Å²) in [7, 11) is 0. The van der Waals surface area contributed by atoms with Gasteiger partial charge >= 0.3 is 0 Å². The fraction of sp³-hybridized carbons (Fsp3) is 0.211. The Kier molecular flexibility index (Phi) is 4.88. The van der Waals surface area contributed by atoms with E-state index >= 15 is 0 Å². The third kappa shape index (κ3) is 3.57. The number of carbonyl (C=O) groups excluding carboxylic acids is 1. The van der Waals surface area contributed by atoms with Gasteiger partial charge in [-0.3, -0.25) is 14.2 Å². The van der Waals surface area contributed by atoms with Gasteiger partial charge in [0.2, 0.25) is 5.91 Å². The summed E-state index contributed by atoms with van der Waals surface area (Å²) >= 11 is 0. The van der Waals surface area contributed by atoms with Gasteiger partial charge in [0, 0.05) is 6.42 Å². The maximum absolute atomic E-state index is 13.2. The van der Waals surface area contributed by atoms with E-state index in [1.807, 2.05) is 6.92 Å². The normalized spacial score (nSPS) is 10.8. The molecule has 0 spiro atoms. The summed E-state index contributed by atoms with van der Waals surface area (Å²) < 4.78 is 14.6. The minimum absolute atomic E-state index is 0.101. The third-order valence-corrected chi connectivity index (χ3v) is 3.85. The zero-order valence-corrected chi connectivity index (χ0v) is 13.8. The Bertz CT molecular complexity index is 965. The first-order chi connectivity index (χ1) is 12.1. The van der Waals surface area contributed by atoms with Crippen LogP contribution in [0, 0.1) is 5.82 Å². The third-order valence-electron chi connectivity index (χ3n) is 3.85. The molecule has 0 fully saturated rings. The molecule has 0 aliphatic heterocycles. The van der Waals surface area contributed by atoms with Crippen molar-refractivity contribution in [2.24, 2.45) is 0 Å². The Morgan fingerprint density at radius 1 is 1.16 bits per heavy atom. The quantitative estimate of drug-likeness (QED) is 0.777. The van der Waals surface area contributed by atoms with Crippen LogP contribution in [-0.4, -0.2) is 15.5 Å². The second-order valence-corrected chi connectivity index (χ2v) is 5.69. The summed E-state index contributed by atoms with van der Waals surface area (Å²) in [6, 6.07) is 12.6. The minimum atomic E-state index is -0.386. The summed E-state index contributed by atoms with van der Waals surface area (Å²) in [4.78, 5) is 29.2. The van der Waals surface area contributed by atoms with Crippen molar-refractivity contribution in [3.05, 3.63) is 70.5 Å². The number of aromatic nitrogens is 2. The molecule has 2 aromatic carbocycles. The van der Waals surface area contributed by atoms with E-state index in [9.17, 15) is 14.0 Å². The topological polar surface area (TPSA) is 64.0 Å². The number of amides is 1. The predicted octanol–water partition coefficient (Wildman–Crippen LogP) is 2.94. The summed E-state index contributed by atoms with van der Waals surface area (Å²) in [5.41, 5.74) is 0.812. The fourth-order valence-corrected chi connectivity index (χ4v) is 2.65. The number of hydrogen-bond acceptors (Lipinski definition) is 3. The smallest absolute Gasteiger partial charge is 0.266 e. The molecule has 0 atom stereocenters. The molecule has 3 rings (SSSR count). The molecule has 25 heavy (non-hydrogen) atoms. The van der Waals surface area contributed by atoms with E-state index in [2.05, 4.69) is 10.3 Å². The number of hydrogen-bond donors (Lipinski definition) is 1. The van der Waals surface area contributed by atoms with Crippen LogP contribution >= 0.6 is 0 Å². The molecule has 6 heteroatoms. The minimum Gasteiger partial charge on any atom is -0.349 e. The summed E-state index contributed by atoms with van der Waals surface area (Å²) in [5.74, 6) is -0.0846. The molecule has 128 valence electrons. The van der Waals surface area contributed by atoms with Gasteiger partial charge in [-0.05, 0) is 42.8 Å². The predicted molar refractivity (Wildman–Crippen MR) is 94.1 cm³/mol. The zero-order valence-electron chi connectivity index (χ0n) is 13.8. The Hall–Kier alpha value is -3.02. The van der Waals surface area contributed by atoms with Crippen LogP contribution < -0.4 is 10.9 Å². The summed E-state index contributed by atoms with van der Waals surface area (Å²) in [6.07, 6.45) is 1.15. The van der Waals surface area contributed by atoms with Crippen LogP contribution in [0.5, 0.6) is 0 Å². The first-order valence-corrected chi connectivity index (χ1v) is 8.13. The molecule has 0 saturated carbocycles. The van der Waals surface area contributed by atoms with Crippen molar-refractivity contribution in [1.29, 1.82) is 0 Å². The fourth-order valence-electron chi connectivity index (χ4n) is 2.65. The number of rotatable bonds is 5. The average Bonchev–Trinajstić information content (AvgIpc) is 2.61. The largest absolute Gasteiger partial charge is 0.349 e. The van der Waals surface area contributed by atoms with E-state index < -0.39 is 0 Å². The van der Waals surface area contributed by atoms with Gasteiger partial charge in [-0.1, -0.05) is 19.1 Å². The van der Waals surface area contributed by atoms with Crippen molar-refractivity contribution in [2.45, 2.75) is 26.3 Å². The van der Waals surface area contributed by atoms with Gasteiger partial charge < -0.3 is 5.32 Å². The Morgan fingerprint density at radius 2 is 1.88 bits per heavy atom. The maximum Gasteiger partial charge on any atom is 0.266 e. The van der Waals surface area contributed by atoms with Crippen molar-refractivity contribution in [3.63, 3.8) is 0 Å². The number of fused-ring (bicyclic) bond motifs is 1. The van der Waals surface area contributed by atoms with E-state index in [1.165, 1.54) is 28.8 Å². The molecule has 0 aliphatic rings. The first kappa shape index (κ1) is 16.8. The highest BCUT2D eigenvalue weighted by Gasteiger charge is 2.13. The summed E-state index contributed by atoms with van der Waals surface area (Å²) in [6.45, 7) is 2.04. The van der Waals surface area contributed by atoms with Gasteiger partial charge in [0.1, 0.15) is 11.6 Å². The van der Waals surface area contributed by atoms with Crippen LogP contribution in [0.3, 0.4) is 0 Å². The molecular formula is C19H18FN3O2. The van der Waals surface area contributed by atoms with Crippen LogP contribution in [0.1, 0.15) is 25.6 Å². The van der Waals surface area contributed by atoms with E-state index in [1.54, 1.807) is 24.3 Å². The van der Waals surface area contributed by atoms with Crippen LogP contribution in [0.4, 0.5) is 4.39 Å². The Balaban J connectivity index is 2.12. The van der Waals surface area contributed by atoms with Crippen molar-refractivity contribution < 1.29 is 9.18 Å². The second-order valence-electron chi connectivity index (χ2n) is 5.69. The molecule has 1 heterocycles. The molecule has 3 aromatic rings. The number of halogens is 1. The van der Waals surface area contributed by atoms with E-state index in [4.69, 9.17) is 0 Å². The molecule has 0 aliphatic carbocycles. The van der Waals surface area contributed by atoms with Crippen molar-refractivity contribution >= 4 is 16.8 Å². The highest BCUT2D eigenvalue weighted by Crippen LogP contribution is 2.13. The lowest BCUT2D eigenvalue weighted by molar-refractivity contribution is -0.121. The average molecular weight is 339 g/mol. The van der Waals surface area contributed by atoms with Crippen LogP contribution in [0.2, 0.25) is 0 Å². The van der Waals surface area contributed by atoms with Gasteiger partial charge in [0.15, 0.2) is 0 Å². The Morgan fingerprint density at radius 3 is 2.60 bits per heavy atom. The molecular weight excluding hydrogens is 321 g/mol. The lowest BCUT2D eigenvalue weighted by atomic mass is 10.2. The standard InChI is InChI=1S/C19H18FN3O2/c1-2-5-18(24)21-12-17-22-16-7-4-3-6-15(16)19(25)23(17)14-10-8-13(20)9-11-14/h3-4,6-11H,2,5,12H2,1H3,(H,21,24). The lowest BCUT2D eigenvalue weighted by Crippen LogP contribution is -2.30. The summed E-state index contributed by atoms with van der Waals surface area (Å²) in [5, 5.41) is 3.25.